The van der Waals surface area contributed by atoms with Crippen molar-refractivity contribution in [3.05, 3.63) is 0 Å². The first kappa shape index (κ1) is 11.7. The van der Waals surface area contributed by atoms with E-state index in [0.717, 1.165) is 19.4 Å². The van der Waals surface area contributed by atoms with Crippen molar-refractivity contribution >= 4 is 16.7 Å². The SMILES string of the molecule is CC(CNC(=O)C1CCCN1)S(C)=O. The molecule has 1 aliphatic heterocycles. The predicted molar refractivity (Wildman–Crippen MR) is 57.6 cm³/mol. The maximum atomic E-state index is 11.5. The Balaban J connectivity index is 2.23. The maximum Gasteiger partial charge on any atom is 0.237 e. The fourth-order valence-electron chi connectivity index (χ4n) is 1.39. The van der Waals surface area contributed by atoms with Gasteiger partial charge >= 0.3 is 0 Å². The lowest BCUT2D eigenvalue weighted by atomic mass is 10.2. The van der Waals surface area contributed by atoms with E-state index in [2.05, 4.69) is 10.6 Å². The molecule has 2 N–H and O–H groups in total. The zero-order valence-electron chi connectivity index (χ0n) is 8.71. The van der Waals surface area contributed by atoms with Crippen LogP contribution < -0.4 is 10.6 Å². The lowest BCUT2D eigenvalue weighted by molar-refractivity contribution is -0.122. The summed E-state index contributed by atoms with van der Waals surface area (Å²) in [5, 5.41) is 5.96. The molecule has 0 radical (unpaired) electrons. The molecule has 1 rings (SSSR count). The van der Waals surface area contributed by atoms with Crippen molar-refractivity contribution in [3.8, 4) is 0 Å². The number of hydrogen-bond acceptors (Lipinski definition) is 3. The summed E-state index contributed by atoms with van der Waals surface area (Å²) >= 11 is 0. The summed E-state index contributed by atoms with van der Waals surface area (Å²) in [6.07, 6.45) is 3.63. The van der Waals surface area contributed by atoms with E-state index in [1.807, 2.05) is 6.92 Å². The summed E-state index contributed by atoms with van der Waals surface area (Å²) < 4.78 is 11.0. The van der Waals surface area contributed by atoms with Crippen LogP contribution in [0.25, 0.3) is 0 Å². The highest BCUT2D eigenvalue weighted by Gasteiger charge is 2.22. The van der Waals surface area contributed by atoms with Gasteiger partial charge in [0.15, 0.2) is 0 Å². The highest BCUT2D eigenvalue weighted by Crippen LogP contribution is 2.04. The summed E-state index contributed by atoms with van der Waals surface area (Å²) in [5.41, 5.74) is 0. The van der Waals surface area contributed by atoms with Gasteiger partial charge in [-0.1, -0.05) is 0 Å². The van der Waals surface area contributed by atoms with E-state index in [-0.39, 0.29) is 17.2 Å². The highest BCUT2D eigenvalue weighted by molar-refractivity contribution is 7.84. The van der Waals surface area contributed by atoms with Gasteiger partial charge in [0.25, 0.3) is 0 Å². The van der Waals surface area contributed by atoms with Crippen LogP contribution in [0.4, 0.5) is 0 Å². The van der Waals surface area contributed by atoms with Crippen molar-refractivity contribution < 1.29 is 9.00 Å². The molecule has 3 atom stereocenters. The molecule has 14 heavy (non-hydrogen) atoms. The third-order valence-corrected chi connectivity index (χ3v) is 3.81. The van der Waals surface area contributed by atoms with Crippen LogP contribution in [-0.2, 0) is 15.6 Å². The largest absolute Gasteiger partial charge is 0.354 e. The third kappa shape index (κ3) is 3.38. The Bertz CT molecular complexity index is 227. The Hall–Kier alpha value is -0.420. The van der Waals surface area contributed by atoms with Gasteiger partial charge < -0.3 is 10.6 Å². The van der Waals surface area contributed by atoms with E-state index in [9.17, 15) is 9.00 Å². The molecule has 0 aromatic heterocycles. The first-order valence-electron chi connectivity index (χ1n) is 4.94. The van der Waals surface area contributed by atoms with Gasteiger partial charge in [0.2, 0.25) is 5.91 Å². The fourth-order valence-corrected chi connectivity index (χ4v) is 1.71. The summed E-state index contributed by atoms with van der Waals surface area (Å²) in [4.78, 5) is 11.5. The van der Waals surface area contributed by atoms with Crippen LogP contribution in [0.5, 0.6) is 0 Å². The van der Waals surface area contributed by atoms with Crippen molar-refractivity contribution in [2.24, 2.45) is 0 Å². The van der Waals surface area contributed by atoms with Crippen LogP contribution >= 0.6 is 0 Å². The van der Waals surface area contributed by atoms with Gasteiger partial charge in [0.05, 0.1) is 6.04 Å². The molecule has 0 saturated carbocycles. The molecular formula is C9H18N2O2S. The Morgan fingerprint density at radius 1 is 1.71 bits per heavy atom. The number of amides is 1. The first-order chi connectivity index (χ1) is 6.61. The average molecular weight is 218 g/mol. The number of carbonyl (C=O) groups is 1. The summed E-state index contributed by atoms with van der Waals surface area (Å²) in [5.74, 6) is 0.0415. The molecule has 4 nitrogen and oxygen atoms in total. The Morgan fingerprint density at radius 2 is 2.43 bits per heavy atom. The van der Waals surface area contributed by atoms with E-state index in [1.54, 1.807) is 6.26 Å². The Morgan fingerprint density at radius 3 is 2.93 bits per heavy atom. The molecule has 1 amide bonds. The second kappa shape index (κ2) is 5.46. The molecular weight excluding hydrogens is 200 g/mol. The van der Waals surface area contributed by atoms with Crippen LogP contribution in [0.1, 0.15) is 19.8 Å². The minimum atomic E-state index is -0.863. The molecule has 0 spiro atoms. The van der Waals surface area contributed by atoms with Gasteiger partial charge in [-0.2, -0.15) is 0 Å². The van der Waals surface area contributed by atoms with E-state index in [1.165, 1.54) is 0 Å². The topological polar surface area (TPSA) is 58.2 Å². The molecule has 1 heterocycles. The van der Waals surface area contributed by atoms with Crippen molar-refractivity contribution in [2.75, 3.05) is 19.3 Å². The van der Waals surface area contributed by atoms with Crippen LogP contribution in [0.15, 0.2) is 0 Å². The van der Waals surface area contributed by atoms with Crippen LogP contribution in [0.3, 0.4) is 0 Å². The molecule has 0 aliphatic carbocycles. The van der Waals surface area contributed by atoms with Crippen LogP contribution in [0.2, 0.25) is 0 Å². The molecule has 5 heteroatoms. The van der Waals surface area contributed by atoms with Gasteiger partial charge in [-0.3, -0.25) is 9.00 Å². The van der Waals surface area contributed by atoms with Gasteiger partial charge in [-0.25, -0.2) is 0 Å². The Kier molecular flexibility index (Phi) is 4.54. The average Bonchev–Trinajstić information content (AvgIpc) is 2.66. The van der Waals surface area contributed by atoms with E-state index in [4.69, 9.17) is 0 Å². The first-order valence-corrected chi connectivity index (χ1v) is 6.56. The molecule has 82 valence electrons. The molecule has 1 saturated heterocycles. The lowest BCUT2D eigenvalue weighted by Crippen LogP contribution is -2.43. The van der Waals surface area contributed by atoms with E-state index >= 15 is 0 Å². The minimum Gasteiger partial charge on any atom is -0.354 e. The van der Waals surface area contributed by atoms with E-state index < -0.39 is 10.8 Å². The number of carbonyl (C=O) groups excluding carboxylic acids is 1. The smallest absolute Gasteiger partial charge is 0.237 e. The van der Waals surface area contributed by atoms with Crippen molar-refractivity contribution in [3.63, 3.8) is 0 Å². The summed E-state index contributed by atoms with van der Waals surface area (Å²) in [6, 6.07) is -0.0347. The number of nitrogens with one attached hydrogen (secondary N) is 2. The molecule has 0 bridgehead atoms. The van der Waals surface area contributed by atoms with E-state index in [0.29, 0.717) is 6.54 Å². The predicted octanol–water partition coefficient (Wildman–Crippen LogP) is -0.378. The maximum absolute atomic E-state index is 11.5. The number of hydrogen-bond donors (Lipinski definition) is 2. The van der Waals surface area contributed by atoms with Gasteiger partial charge in [0.1, 0.15) is 0 Å². The summed E-state index contributed by atoms with van der Waals surface area (Å²) in [6.45, 7) is 3.30. The lowest BCUT2D eigenvalue weighted by Gasteiger charge is -2.13. The fraction of sp³-hybridized carbons (Fsp3) is 0.889. The second-order valence-electron chi connectivity index (χ2n) is 3.70. The summed E-state index contributed by atoms with van der Waals surface area (Å²) in [7, 11) is -0.863. The minimum absolute atomic E-state index is 0.0281. The van der Waals surface area contributed by atoms with Crippen molar-refractivity contribution in [1.29, 1.82) is 0 Å². The highest BCUT2D eigenvalue weighted by atomic mass is 32.2. The zero-order chi connectivity index (χ0) is 10.6. The van der Waals surface area contributed by atoms with Crippen LogP contribution in [0, 0.1) is 0 Å². The molecule has 3 unspecified atom stereocenters. The second-order valence-corrected chi connectivity index (χ2v) is 5.51. The monoisotopic (exact) mass is 218 g/mol. The third-order valence-electron chi connectivity index (χ3n) is 2.51. The number of rotatable bonds is 4. The Labute approximate surface area is 87.3 Å². The van der Waals surface area contributed by atoms with Gasteiger partial charge in [-0.15, -0.1) is 0 Å². The normalized spacial score (nSPS) is 25.7. The van der Waals surface area contributed by atoms with Crippen molar-refractivity contribution in [2.45, 2.75) is 31.1 Å². The molecule has 1 fully saturated rings. The van der Waals surface area contributed by atoms with Crippen LogP contribution in [-0.4, -0.2) is 40.8 Å². The van der Waals surface area contributed by atoms with Crippen molar-refractivity contribution in [1.82, 2.24) is 10.6 Å². The van der Waals surface area contributed by atoms with Gasteiger partial charge in [-0.05, 0) is 26.3 Å². The van der Waals surface area contributed by atoms with Gasteiger partial charge in [0, 0.05) is 28.9 Å². The molecule has 0 aromatic rings. The molecule has 1 aliphatic rings. The standard InChI is InChI=1S/C9H18N2O2S/c1-7(14(2)13)6-11-9(12)8-4-3-5-10-8/h7-8,10H,3-6H2,1-2H3,(H,11,12). The zero-order valence-corrected chi connectivity index (χ0v) is 9.52. The quantitative estimate of drug-likeness (QED) is 0.676. The molecule has 0 aromatic carbocycles.